The van der Waals surface area contributed by atoms with Crippen molar-refractivity contribution in [2.75, 3.05) is 12.4 Å². The summed E-state index contributed by atoms with van der Waals surface area (Å²) in [5.74, 6) is -2.27. The number of aromatic nitrogens is 1. The highest BCUT2D eigenvalue weighted by atomic mass is 19.1. The van der Waals surface area contributed by atoms with Crippen LogP contribution in [0.3, 0.4) is 0 Å². The topological polar surface area (TPSA) is 63.2 Å². The Balaban J connectivity index is 1.97. The number of ether oxygens (including phenoxy) is 1. The quantitative estimate of drug-likeness (QED) is 0.912. The molecule has 0 spiro atoms. The van der Waals surface area contributed by atoms with E-state index in [9.17, 15) is 13.6 Å². The predicted octanol–water partition coefficient (Wildman–Crippen LogP) is 3.00. The number of carbonyl (C=O) groups excluding carboxylic acids is 1. The fourth-order valence-electron chi connectivity index (χ4n) is 1.87. The van der Waals surface area contributed by atoms with Gasteiger partial charge in [0.15, 0.2) is 17.4 Å². The first-order valence-corrected chi connectivity index (χ1v) is 6.50. The van der Waals surface area contributed by atoms with Gasteiger partial charge in [0, 0.05) is 23.5 Å². The van der Waals surface area contributed by atoms with Gasteiger partial charge in [-0.25, -0.2) is 13.6 Å². The summed E-state index contributed by atoms with van der Waals surface area (Å²) in [6, 6.07) is 6.80. The van der Waals surface area contributed by atoms with Crippen LogP contribution in [0.25, 0.3) is 0 Å². The Morgan fingerprint density at radius 2 is 1.95 bits per heavy atom. The summed E-state index contributed by atoms with van der Waals surface area (Å²) in [5, 5.41) is 4.90. The van der Waals surface area contributed by atoms with E-state index in [1.54, 1.807) is 6.07 Å². The van der Waals surface area contributed by atoms with Crippen LogP contribution in [0, 0.1) is 18.6 Å². The minimum absolute atomic E-state index is 0.00879. The molecule has 0 saturated carbocycles. The number of hydrogen-bond donors (Lipinski definition) is 2. The molecule has 1 heterocycles. The molecule has 0 aliphatic heterocycles. The van der Waals surface area contributed by atoms with E-state index in [2.05, 4.69) is 20.4 Å². The maximum absolute atomic E-state index is 13.5. The van der Waals surface area contributed by atoms with Gasteiger partial charge in [0.05, 0.1) is 19.3 Å². The number of rotatable bonds is 4. The average molecular weight is 307 g/mol. The predicted molar refractivity (Wildman–Crippen MR) is 77.7 cm³/mol. The Labute approximate surface area is 126 Å². The van der Waals surface area contributed by atoms with E-state index in [0.29, 0.717) is 5.69 Å². The second-order valence-electron chi connectivity index (χ2n) is 4.55. The highest BCUT2D eigenvalue weighted by molar-refractivity contribution is 5.89. The maximum atomic E-state index is 13.5. The van der Waals surface area contributed by atoms with Gasteiger partial charge in [0.1, 0.15) is 0 Å². The van der Waals surface area contributed by atoms with E-state index in [1.165, 1.54) is 0 Å². The molecule has 7 heteroatoms. The summed E-state index contributed by atoms with van der Waals surface area (Å²) in [5.41, 5.74) is 1.51. The Morgan fingerprint density at radius 3 is 2.55 bits per heavy atom. The van der Waals surface area contributed by atoms with Crippen molar-refractivity contribution in [1.82, 2.24) is 10.3 Å². The molecule has 2 N–H and O–H groups in total. The average Bonchev–Trinajstić information content (AvgIpc) is 2.45. The number of methoxy groups -OCH3 is 1. The number of nitrogens with one attached hydrogen (secondary N) is 2. The fraction of sp³-hybridized carbons (Fsp3) is 0.200. The van der Waals surface area contributed by atoms with Crippen LogP contribution < -0.4 is 15.4 Å². The van der Waals surface area contributed by atoms with E-state index < -0.39 is 23.4 Å². The van der Waals surface area contributed by atoms with Crippen molar-refractivity contribution in [2.24, 2.45) is 0 Å². The first kappa shape index (κ1) is 15.7. The summed E-state index contributed by atoms with van der Waals surface area (Å²) in [7, 11) is 1.16. The third-order valence-electron chi connectivity index (χ3n) is 2.84. The molecule has 1 aromatic carbocycles. The molecule has 22 heavy (non-hydrogen) atoms. The number of amides is 2. The van der Waals surface area contributed by atoms with Gasteiger partial charge in [-0.3, -0.25) is 4.98 Å². The van der Waals surface area contributed by atoms with Crippen molar-refractivity contribution >= 4 is 11.7 Å². The number of anilines is 1. The molecule has 0 unspecified atom stereocenters. The summed E-state index contributed by atoms with van der Waals surface area (Å²) in [6.45, 7) is 2.04. The first-order chi connectivity index (χ1) is 10.5. The lowest BCUT2D eigenvalue weighted by Crippen LogP contribution is -2.28. The van der Waals surface area contributed by atoms with Crippen LogP contribution in [0.5, 0.6) is 5.75 Å². The first-order valence-electron chi connectivity index (χ1n) is 6.50. The Kier molecular flexibility index (Phi) is 4.88. The molecule has 2 rings (SSSR count). The highest BCUT2D eigenvalue weighted by Gasteiger charge is 2.12. The smallest absolute Gasteiger partial charge is 0.319 e. The van der Waals surface area contributed by atoms with Gasteiger partial charge >= 0.3 is 6.03 Å². The number of benzene rings is 1. The second kappa shape index (κ2) is 6.84. The van der Waals surface area contributed by atoms with Crippen LogP contribution in [0.1, 0.15) is 11.4 Å². The molecule has 2 aromatic rings. The lowest BCUT2D eigenvalue weighted by Gasteiger charge is -2.10. The molecule has 116 valence electrons. The van der Waals surface area contributed by atoms with Gasteiger partial charge in [-0.05, 0) is 19.1 Å². The Hall–Kier alpha value is -2.70. The van der Waals surface area contributed by atoms with E-state index in [-0.39, 0.29) is 12.2 Å². The van der Waals surface area contributed by atoms with Crippen LogP contribution >= 0.6 is 0 Å². The molecule has 0 aliphatic carbocycles. The summed E-state index contributed by atoms with van der Waals surface area (Å²) in [4.78, 5) is 15.9. The molecule has 0 atom stereocenters. The second-order valence-corrected chi connectivity index (χ2v) is 4.55. The van der Waals surface area contributed by atoms with Crippen molar-refractivity contribution in [3.05, 3.63) is 53.4 Å². The number of nitrogens with zero attached hydrogens (tertiary/aromatic N) is 1. The summed E-state index contributed by atoms with van der Waals surface area (Å²) >= 11 is 0. The SMILES string of the molecule is COc1c(F)cc(NC(=O)NCc2cccc(C)n2)cc1F. The number of hydrogen-bond acceptors (Lipinski definition) is 3. The zero-order valence-electron chi connectivity index (χ0n) is 12.1. The van der Waals surface area contributed by atoms with Crippen LogP contribution in [0.15, 0.2) is 30.3 Å². The van der Waals surface area contributed by atoms with E-state index in [0.717, 1.165) is 24.9 Å². The van der Waals surface area contributed by atoms with Gasteiger partial charge in [0.25, 0.3) is 0 Å². The minimum Gasteiger partial charge on any atom is -0.491 e. The number of urea groups is 1. The van der Waals surface area contributed by atoms with Crippen molar-refractivity contribution < 1.29 is 18.3 Å². The van der Waals surface area contributed by atoms with Gasteiger partial charge in [-0.15, -0.1) is 0 Å². The number of carbonyl (C=O) groups is 1. The third-order valence-corrected chi connectivity index (χ3v) is 2.84. The van der Waals surface area contributed by atoms with Crippen LogP contribution in [-0.4, -0.2) is 18.1 Å². The molecular weight excluding hydrogens is 292 g/mol. The van der Waals surface area contributed by atoms with Crippen LogP contribution in [-0.2, 0) is 6.54 Å². The lowest BCUT2D eigenvalue weighted by molar-refractivity contribution is 0.251. The van der Waals surface area contributed by atoms with E-state index in [4.69, 9.17) is 0 Å². The largest absolute Gasteiger partial charge is 0.491 e. The third kappa shape index (κ3) is 3.91. The highest BCUT2D eigenvalue weighted by Crippen LogP contribution is 2.25. The minimum atomic E-state index is -0.891. The number of pyridine rings is 1. The van der Waals surface area contributed by atoms with Crippen LogP contribution in [0.4, 0.5) is 19.3 Å². The molecular formula is C15H15F2N3O2. The molecule has 0 aliphatic rings. The molecule has 0 fully saturated rings. The number of aryl methyl sites for hydroxylation is 1. The van der Waals surface area contributed by atoms with Crippen molar-refractivity contribution in [2.45, 2.75) is 13.5 Å². The van der Waals surface area contributed by atoms with Crippen molar-refractivity contribution in [3.8, 4) is 5.75 Å². The van der Waals surface area contributed by atoms with Gasteiger partial charge in [0.2, 0.25) is 0 Å². The summed E-state index contributed by atoms with van der Waals surface area (Å²) in [6.07, 6.45) is 0. The van der Waals surface area contributed by atoms with Gasteiger partial charge < -0.3 is 15.4 Å². The maximum Gasteiger partial charge on any atom is 0.319 e. The van der Waals surface area contributed by atoms with Crippen LogP contribution in [0.2, 0.25) is 0 Å². The molecule has 0 radical (unpaired) electrons. The van der Waals surface area contributed by atoms with Gasteiger partial charge in [-0.2, -0.15) is 0 Å². The molecule has 5 nitrogen and oxygen atoms in total. The van der Waals surface area contributed by atoms with E-state index in [1.807, 2.05) is 19.1 Å². The molecule has 0 bridgehead atoms. The Morgan fingerprint density at radius 1 is 1.27 bits per heavy atom. The molecule has 2 amide bonds. The summed E-state index contributed by atoms with van der Waals surface area (Å²) < 4.78 is 31.6. The van der Waals surface area contributed by atoms with Crippen molar-refractivity contribution in [3.63, 3.8) is 0 Å². The molecule has 1 aromatic heterocycles. The van der Waals surface area contributed by atoms with Crippen molar-refractivity contribution in [1.29, 1.82) is 0 Å². The standard InChI is InChI=1S/C15H15F2N3O2/c1-9-4-3-5-10(19-9)8-18-15(21)20-11-6-12(16)14(22-2)13(17)7-11/h3-7H,8H2,1-2H3,(H2,18,20,21). The van der Waals surface area contributed by atoms with Gasteiger partial charge in [-0.1, -0.05) is 6.07 Å². The Bertz CT molecular complexity index is 669. The zero-order valence-corrected chi connectivity index (χ0v) is 12.1. The lowest BCUT2D eigenvalue weighted by atomic mass is 10.2. The van der Waals surface area contributed by atoms with E-state index >= 15 is 0 Å². The zero-order chi connectivity index (χ0) is 16.1. The monoisotopic (exact) mass is 307 g/mol. The number of halogens is 2. The normalized spacial score (nSPS) is 10.2. The molecule has 0 saturated heterocycles. The fourth-order valence-corrected chi connectivity index (χ4v) is 1.87.